The molecule has 0 radical (unpaired) electrons. The Hall–Kier alpha value is -2.11. The Kier molecular flexibility index (Phi) is 3.22. The Balaban J connectivity index is 2.78. The first-order chi connectivity index (χ1) is 7.00. The lowest BCUT2D eigenvalue weighted by Crippen LogP contribution is -2.42. The highest BCUT2D eigenvalue weighted by Crippen LogP contribution is 1.91. The van der Waals surface area contributed by atoms with Crippen molar-refractivity contribution in [1.82, 2.24) is 10.3 Å². The van der Waals surface area contributed by atoms with Crippen molar-refractivity contribution in [3.8, 4) is 0 Å². The average Bonchev–Trinajstić information content (AvgIpc) is 2.17. The molecule has 1 atom stereocenters. The molecular formula is C9H11N3O3. The van der Waals surface area contributed by atoms with Crippen molar-refractivity contribution in [3.05, 3.63) is 34.2 Å². The Morgan fingerprint density at radius 3 is 2.67 bits per heavy atom. The smallest absolute Gasteiger partial charge is 0.268 e. The average molecular weight is 209 g/mol. The molecule has 2 amide bonds. The molecule has 1 aromatic rings. The fraction of sp³-hybridized carbons (Fsp3) is 0.222. The lowest BCUT2D eigenvalue weighted by atomic mass is 10.3. The van der Waals surface area contributed by atoms with E-state index in [1.165, 1.54) is 25.1 Å². The van der Waals surface area contributed by atoms with Gasteiger partial charge in [0, 0.05) is 6.07 Å². The van der Waals surface area contributed by atoms with E-state index in [9.17, 15) is 14.4 Å². The number of pyridine rings is 1. The summed E-state index contributed by atoms with van der Waals surface area (Å²) in [5.41, 5.74) is 4.68. The second-order valence-corrected chi connectivity index (χ2v) is 3.03. The first kappa shape index (κ1) is 11.0. The highest BCUT2D eigenvalue weighted by molar-refractivity contribution is 5.95. The van der Waals surface area contributed by atoms with Crippen LogP contribution < -0.4 is 16.6 Å². The highest BCUT2D eigenvalue weighted by Gasteiger charge is 2.13. The maximum absolute atomic E-state index is 11.4. The summed E-state index contributed by atoms with van der Waals surface area (Å²) < 4.78 is 0. The van der Waals surface area contributed by atoms with Crippen LogP contribution in [0.5, 0.6) is 0 Å². The molecule has 0 aliphatic rings. The van der Waals surface area contributed by atoms with Crippen molar-refractivity contribution in [2.75, 3.05) is 0 Å². The summed E-state index contributed by atoms with van der Waals surface area (Å²) in [5.74, 6) is -1.18. The molecule has 0 fully saturated rings. The number of carbonyl (C=O) groups is 2. The zero-order valence-electron chi connectivity index (χ0n) is 8.11. The highest BCUT2D eigenvalue weighted by atomic mass is 16.2. The molecule has 80 valence electrons. The number of hydrogen-bond acceptors (Lipinski definition) is 3. The number of aromatic nitrogens is 1. The van der Waals surface area contributed by atoms with E-state index in [4.69, 9.17) is 5.73 Å². The first-order valence-electron chi connectivity index (χ1n) is 4.30. The van der Waals surface area contributed by atoms with Gasteiger partial charge in [0.2, 0.25) is 11.5 Å². The first-order valence-corrected chi connectivity index (χ1v) is 4.30. The fourth-order valence-corrected chi connectivity index (χ4v) is 0.926. The molecule has 0 aliphatic carbocycles. The molecule has 6 nitrogen and oxygen atoms in total. The van der Waals surface area contributed by atoms with E-state index in [2.05, 4.69) is 10.3 Å². The predicted molar refractivity (Wildman–Crippen MR) is 53.2 cm³/mol. The van der Waals surface area contributed by atoms with E-state index in [1.54, 1.807) is 0 Å². The minimum atomic E-state index is -0.777. The van der Waals surface area contributed by atoms with Crippen molar-refractivity contribution in [3.63, 3.8) is 0 Å². The van der Waals surface area contributed by atoms with Gasteiger partial charge in [0.05, 0.1) is 0 Å². The Labute approximate surface area is 85.5 Å². The molecule has 0 saturated carbocycles. The van der Waals surface area contributed by atoms with E-state index < -0.39 is 17.9 Å². The molecule has 0 saturated heterocycles. The third-order valence-electron chi connectivity index (χ3n) is 1.79. The molecular weight excluding hydrogens is 198 g/mol. The van der Waals surface area contributed by atoms with Gasteiger partial charge in [0.25, 0.3) is 5.91 Å². The zero-order valence-corrected chi connectivity index (χ0v) is 8.11. The molecule has 0 aromatic carbocycles. The minimum absolute atomic E-state index is 0.0931. The second kappa shape index (κ2) is 4.41. The predicted octanol–water partition coefficient (Wildman–Crippen LogP) is -1.02. The van der Waals surface area contributed by atoms with Crippen molar-refractivity contribution < 1.29 is 9.59 Å². The van der Waals surface area contributed by atoms with Crippen LogP contribution in [0.15, 0.2) is 23.0 Å². The lowest BCUT2D eigenvalue weighted by molar-refractivity contribution is -0.119. The molecule has 1 rings (SSSR count). The third kappa shape index (κ3) is 2.94. The number of primary amides is 1. The van der Waals surface area contributed by atoms with Crippen LogP contribution in [-0.4, -0.2) is 22.8 Å². The summed E-state index contributed by atoms with van der Waals surface area (Å²) in [6.45, 7) is 1.46. The topological polar surface area (TPSA) is 105 Å². The Bertz CT molecular complexity index is 438. The van der Waals surface area contributed by atoms with Crippen LogP contribution in [0.1, 0.15) is 17.4 Å². The number of hydrogen-bond donors (Lipinski definition) is 3. The van der Waals surface area contributed by atoms with Gasteiger partial charge in [-0.2, -0.15) is 0 Å². The van der Waals surface area contributed by atoms with Crippen LogP contribution in [0.4, 0.5) is 0 Å². The van der Waals surface area contributed by atoms with Gasteiger partial charge < -0.3 is 16.0 Å². The normalized spacial score (nSPS) is 11.8. The number of nitrogens with one attached hydrogen (secondary N) is 2. The van der Waals surface area contributed by atoms with Crippen molar-refractivity contribution in [2.45, 2.75) is 13.0 Å². The summed E-state index contributed by atoms with van der Waals surface area (Å²) in [5, 5.41) is 2.34. The molecule has 1 aromatic heterocycles. The number of carbonyl (C=O) groups excluding carboxylic acids is 2. The van der Waals surface area contributed by atoms with Gasteiger partial charge in [-0.25, -0.2) is 0 Å². The van der Waals surface area contributed by atoms with Crippen LogP contribution in [0.25, 0.3) is 0 Å². The zero-order chi connectivity index (χ0) is 11.4. The number of rotatable bonds is 3. The molecule has 0 bridgehead atoms. The summed E-state index contributed by atoms with van der Waals surface area (Å²) in [6.07, 6.45) is 0. The Morgan fingerprint density at radius 2 is 2.13 bits per heavy atom. The molecule has 15 heavy (non-hydrogen) atoms. The van der Waals surface area contributed by atoms with Crippen molar-refractivity contribution in [2.24, 2.45) is 5.73 Å². The molecule has 1 unspecified atom stereocenters. The monoisotopic (exact) mass is 209 g/mol. The van der Waals surface area contributed by atoms with Gasteiger partial charge in [-0.15, -0.1) is 0 Å². The summed E-state index contributed by atoms with van der Waals surface area (Å²) >= 11 is 0. The number of amides is 2. The van der Waals surface area contributed by atoms with E-state index >= 15 is 0 Å². The lowest BCUT2D eigenvalue weighted by Gasteiger charge is -2.09. The van der Waals surface area contributed by atoms with Crippen molar-refractivity contribution in [1.29, 1.82) is 0 Å². The molecule has 0 aliphatic heterocycles. The summed E-state index contributed by atoms with van der Waals surface area (Å²) in [4.78, 5) is 35.3. The molecule has 4 N–H and O–H groups in total. The van der Waals surface area contributed by atoms with Crippen LogP contribution in [0, 0.1) is 0 Å². The number of nitrogens with two attached hydrogens (primary N) is 1. The summed E-state index contributed by atoms with van der Waals surface area (Å²) in [6, 6.07) is 3.39. The van der Waals surface area contributed by atoms with Crippen molar-refractivity contribution >= 4 is 11.8 Å². The fourth-order valence-electron chi connectivity index (χ4n) is 0.926. The number of aromatic amines is 1. The maximum Gasteiger partial charge on any atom is 0.268 e. The second-order valence-electron chi connectivity index (χ2n) is 3.03. The van der Waals surface area contributed by atoms with E-state index in [0.717, 1.165) is 0 Å². The SMILES string of the molecule is CC(NC(=O)c1cccc(=O)[nH]1)C(N)=O. The minimum Gasteiger partial charge on any atom is -0.368 e. The summed E-state index contributed by atoms with van der Waals surface area (Å²) in [7, 11) is 0. The van der Waals surface area contributed by atoms with Gasteiger partial charge in [0.1, 0.15) is 11.7 Å². The van der Waals surface area contributed by atoms with Gasteiger partial charge in [-0.05, 0) is 13.0 Å². The van der Waals surface area contributed by atoms with Crippen LogP contribution in [0.2, 0.25) is 0 Å². The molecule has 6 heteroatoms. The van der Waals surface area contributed by atoms with Crippen LogP contribution >= 0.6 is 0 Å². The standard InChI is InChI=1S/C9H11N3O3/c1-5(8(10)14)11-9(15)6-3-2-4-7(13)12-6/h2-5H,1H3,(H2,10,14)(H,11,15)(H,12,13). The van der Waals surface area contributed by atoms with Crippen LogP contribution in [-0.2, 0) is 4.79 Å². The molecule has 1 heterocycles. The van der Waals surface area contributed by atoms with Gasteiger partial charge >= 0.3 is 0 Å². The largest absolute Gasteiger partial charge is 0.368 e. The van der Waals surface area contributed by atoms with E-state index in [1.807, 2.05) is 0 Å². The van der Waals surface area contributed by atoms with Gasteiger partial charge in [-0.3, -0.25) is 14.4 Å². The van der Waals surface area contributed by atoms with E-state index in [0.29, 0.717) is 0 Å². The Morgan fingerprint density at radius 1 is 1.47 bits per heavy atom. The number of H-pyrrole nitrogens is 1. The maximum atomic E-state index is 11.4. The molecule has 0 spiro atoms. The van der Waals surface area contributed by atoms with Crippen LogP contribution in [0.3, 0.4) is 0 Å². The van der Waals surface area contributed by atoms with Gasteiger partial charge in [-0.1, -0.05) is 6.07 Å². The van der Waals surface area contributed by atoms with Gasteiger partial charge in [0.15, 0.2) is 0 Å². The quantitative estimate of drug-likeness (QED) is 0.593. The van der Waals surface area contributed by atoms with E-state index in [-0.39, 0.29) is 11.3 Å². The third-order valence-corrected chi connectivity index (χ3v) is 1.79.